The number of benzene rings is 2. The van der Waals surface area contributed by atoms with Crippen LogP contribution in [0.3, 0.4) is 0 Å². The van der Waals surface area contributed by atoms with E-state index < -0.39 is 11.9 Å². The van der Waals surface area contributed by atoms with Gasteiger partial charge in [-0.3, -0.25) is 4.79 Å². The Morgan fingerprint density at radius 2 is 1.68 bits per heavy atom. The zero-order chi connectivity index (χ0) is 15.2. The number of hydrogen-bond donors (Lipinski definition) is 1. The van der Waals surface area contributed by atoms with Gasteiger partial charge in [-0.15, -0.1) is 0 Å². The number of aromatic carboxylic acids is 1. The number of hydrogen-bond acceptors (Lipinski definition) is 5. The van der Waals surface area contributed by atoms with Gasteiger partial charge in [0.15, 0.2) is 5.75 Å². The van der Waals surface area contributed by atoms with Gasteiger partial charge in [0.2, 0.25) is 0 Å². The van der Waals surface area contributed by atoms with Crippen LogP contribution in [0.2, 0.25) is 0 Å². The molecule has 0 unspecified atom stereocenters. The van der Waals surface area contributed by atoms with Gasteiger partial charge in [-0.25, -0.2) is 0 Å². The third kappa shape index (κ3) is 4.49. The monoisotopic (exact) mass is 309 g/mol. The second-order valence-corrected chi connectivity index (χ2v) is 4.05. The minimum absolute atomic E-state index is 0. The van der Waals surface area contributed by atoms with Gasteiger partial charge in [-0.1, -0.05) is 12.1 Å². The topological polar surface area (TPSA) is 87.7 Å². The van der Waals surface area contributed by atoms with Crippen molar-refractivity contribution in [2.75, 3.05) is 7.11 Å². The fraction of sp³-hybridized carbons (Fsp3) is 0.0667. The summed E-state index contributed by atoms with van der Waals surface area (Å²) in [5.41, 5.74) is 2.38. The maximum absolute atomic E-state index is 11.9. The molecule has 0 radical (unpaired) electrons. The Morgan fingerprint density at radius 3 is 2.27 bits per heavy atom. The summed E-state index contributed by atoms with van der Waals surface area (Å²) in [6.45, 7) is 0. The molecule has 0 aromatic heterocycles. The molecule has 0 heterocycles. The van der Waals surface area contributed by atoms with Crippen molar-refractivity contribution in [1.82, 2.24) is 5.48 Å². The molecular weight excluding hydrogens is 297 g/mol. The van der Waals surface area contributed by atoms with Crippen molar-refractivity contribution in [3.63, 3.8) is 0 Å². The molecular formula is C15H12NNaO5. The summed E-state index contributed by atoms with van der Waals surface area (Å²) in [7, 11) is 1.52. The van der Waals surface area contributed by atoms with E-state index in [0.29, 0.717) is 11.3 Å². The molecule has 0 saturated heterocycles. The molecule has 0 atom stereocenters. The van der Waals surface area contributed by atoms with Crippen LogP contribution in [0.4, 0.5) is 0 Å². The maximum atomic E-state index is 11.9. The number of methoxy groups -OCH3 is 1. The van der Waals surface area contributed by atoms with Crippen LogP contribution < -0.4 is 49.7 Å². The Hall–Kier alpha value is -2.02. The van der Waals surface area contributed by atoms with Crippen LogP contribution >= 0.6 is 0 Å². The summed E-state index contributed by atoms with van der Waals surface area (Å²) >= 11 is 0. The molecule has 0 fully saturated rings. The normalized spacial score (nSPS) is 9.32. The molecule has 0 bridgehead atoms. The number of carbonyl (C=O) groups excluding carboxylic acids is 2. The summed E-state index contributed by atoms with van der Waals surface area (Å²) in [4.78, 5) is 27.8. The number of carboxylic acid groups (broad SMARTS) is 1. The van der Waals surface area contributed by atoms with Crippen molar-refractivity contribution in [2.24, 2.45) is 0 Å². The summed E-state index contributed by atoms with van der Waals surface area (Å²) in [6, 6.07) is 12.2. The van der Waals surface area contributed by atoms with Crippen molar-refractivity contribution in [2.45, 2.75) is 0 Å². The smallest absolute Gasteiger partial charge is 0.545 e. The van der Waals surface area contributed by atoms with Gasteiger partial charge in [-0.05, 0) is 36.4 Å². The van der Waals surface area contributed by atoms with Crippen LogP contribution in [-0.4, -0.2) is 19.0 Å². The maximum Gasteiger partial charge on any atom is 1.00 e. The van der Waals surface area contributed by atoms with Crippen LogP contribution in [-0.2, 0) is 0 Å². The molecule has 1 N–H and O–H groups in total. The fourth-order valence-electron chi connectivity index (χ4n) is 1.63. The average Bonchev–Trinajstić information content (AvgIpc) is 2.52. The third-order valence-electron chi connectivity index (χ3n) is 2.71. The Kier molecular flexibility index (Phi) is 6.91. The molecule has 6 nitrogen and oxygen atoms in total. The van der Waals surface area contributed by atoms with E-state index in [0.717, 1.165) is 0 Å². The van der Waals surface area contributed by atoms with E-state index in [9.17, 15) is 14.7 Å². The van der Waals surface area contributed by atoms with Crippen molar-refractivity contribution < 1.29 is 53.8 Å². The van der Waals surface area contributed by atoms with Crippen LogP contribution in [0.1, 0.15) is 20.7 Å². The van der Waals surface area contributed by atoms with Gasteiger partial charge in [0, 0.05) is 11.1 Å². The number of amides is 1. The van der Waals surface area contributed by atoms with Gasteiger partial charge in [0.25, 0.3) is 5.91 Å². The predicted molar refractivity (Wildman–Crippen MR) is 71.9 cm³/mol. The number of carbonyl (C=O) groups is 2. The van der Waals surface area contributed by atoms with E-state index in [2.05, 4.69) is 5.48 Å². The second kappa shape index (κ2) is 8.43. The molecule has 2 aromatic carbocycles. The van der Waals surface area contributed by atoms with E-state index in [1.165, 1.54) is 25.3 Å². The van der Waals surface area contributed by atoms with Gasteiger partial charge < -0.3 is 19.5 Å². The van der Waals surface area contributed by atoms with E-state index in [1.807, 2.05) is 0 Å². The molecule has 2 aromatic rings. The molecule has 0 aliphatic rings. The van der Waals surface area contributed by atoms with Crippen molar-refractivity contribution in [3.8, 4) is 11.5 Å². The van der Waals surface area contributed by atoms with Gasteiger partial charge in [0.05, 0.1) is 13.1 Å². The molecule has 22 heavy (non-hydrogen) atoms. The molecule has 108 valence electrons. The van der Waals surface area contributed by atoms with Crippen molar-refractivity contribution >= 4 is 11.9 Å². The zero-order valence-corrected chi connectivity index (χ0v) is 14.2. The minimum Gasteiger partial charge on any atom is -0.545 e. The SMILES string of the molecule is COc1ccc(C(=O)NOc2ccccc2C(=O)[O-])cc1.[Na+]. The Morgan fingerprint density at radius 1 is 1.05 bits per heavy atom. The quantitative estimate of drug-likeness (QED) is 0.500. The Labute approximate surface area is 149 Å². The zero-order valence-electron chi connectivity index (χ0n) is 12.2. The average molecular weight is 309 g/mol. The van der Waals surface area contributed by atoms with Gasteiger partial charge in [-0.2, -0.15) is 5.48 Å². The number of rotatable bonds is 5. The molecule has 0 aliphatic carbocycles. The van der Waals surface area contributed by atoms with Crippen LogP contribution in [0, 0.1) is 0 Å². The summed E-state index contributed by atoms with van der Waals surface area (Å²) < 4.78 is 4.99. The number of ether oxygens (including phenoxy) is 1. The number of carboxylic acids is 1. The summed E-state index contributed by atoms with van der Waals surface area (Å²) in [6.07, 6.45) is 0. The minimum atomic E-state index is -1.38. The Balaban J connectivity index is 0.00000242. The number of hydroxylamine groups is 1. The first-order valence-electron chi connectivity index (χ1n) is 6.03. The van der Waals surface area contributed by atoms with E-state index in [-0.39, 0.29) is 40.9 Å². The molecule has 7 heteroatoms. The molecule has 1 amide bonds. The van der Waals surface area contributed by atoms with Crippen LogP contribution in [0.25, 0.3) is 0 Å². The van der Waals surface area contributed by atoms with Gasteiger partial charge >= 0.3 is 29.6 Å². The molecule has 0 saturated carbocycles. The fourth-order valence-corrected chi connectivity index (χ4v) is 1.63. The van der Waals surface area contributed by atoms with E-state index in [4.69, 9.17) is 9.57 Å². The first-order valence-corrected chi connectivity index (χ1v) is 6.03. The standard InChI is InChI=1S/C15H13NO5.Na/c1-20-11-8-6-10(7-9-11)14(17)16-21-13-5-3-2-4-12(13)15(18)19;/h2-9H,1H3,(H,16,17)(H,18,19);/q;+1/p-1. The van der Waals surface area contributed by atoms with E-state index >= 15 is 0 Å². The number of para-hydroxylation sites is 1. The Bertz CT molecular complexity index is 657. The largest absolute Gasteiger partial charge is 1.00 e. The summed E-state index contributed by atoms with van der Waals surface area (Å²) in [5.74, 6) is -1.27. The van der Waals surface area contributed by atoms with Crippen molar-refractivity contribution in [1.29, 1.82) is 0 Å². The first-order chi connectivity index (χ1) is 10.1. The molecule has 0 spiro atoms. The van der Waals surface area contributed by atoms with Gasteiger partial charge in [0.1, 0.15) is 5.75 Å². The van der Waals surface area contributed by atoms with Crippen LogP contribution in [0.5, 0.6) is 11.5 Å². The van der Waals surface area contributed by atoms with E-state index in [1.54, 1.807) is 30.3 Å². The third-order valence-corrected chi connectivity index (χ3v) is 2.71. The molecule has 2 rings (SSSR count). The summed E-state index contributed by atoms with van der Waals surface area (Å²) in [5, 5.41) is 10.9. The predicted octanol–water partition coefficient (Wildman–Crippen LogP) is -2.21. The van der Waals surface area contributed by atoms with Crippen LogP contribution in [0.15, 0.2) is 48.5 Å². The second-order valence-electron chi connectivity index (χ2n) is 4.05. The molecule has 0 aliphatic heterocycles. The number of nitrogens with one attached hydrogen (secondary N) is 1. The van der Waals surface area contributed by atoms with Crippen molar-refractivity contribution in [3.05, 3.63) is 59.7 Å². The first kappa shape index (κ1) is 18.0.